The highest BCUT2D eigenvalue weighted by molar-refractivity contribution is 5.97. The van der Waals surface area contributed by atoms with Crippen LogP contribution in [-0.4, -0.2) is 39.7 Å². The number of anilines is 2. The van der Waals surface area contributed by atoms with Crippen molar-refractivity contribution < 1.29 is 9.90 Å². The summed E-state index contributed by atoms with van der Waals surface area (Å²) in [6, 6.07) is 0.251. The Labute approximate surface area is 130 Å². The molecule has 1 amide bonds. The number of hydrogen-bond donors (Lipinski definition) is 4. The summed E-state index contributed by atoms with van der Waals surface area (Å²) < 4.78 is 0. The lowest BCUT2D eigenvalue weighted by atomic mass is 9.93. The van der Waals surface area contributed by atoms with Crippen LogP contribution in [0.4, 0.5) is 11.8 Å². The van der Waals surface area contributed by atoms with Crippen molar-refractivity contribution in [2.24, 2.45) is 11.7 Å². The van der Waals surface area contributed by atoms with Crippen molar-refractivity contribution in [3.63, 3.8) is 0 Å². The zero-order valence-corrected chi connectivity index (χ0v) is 13.2. The fraction of sp³-hybridized carbons (Fsp3) is 0.667. The Morgan fingerprint density at radius 1 is 1.41 bits per heavy atom. The molecule has 0 spiro atoms. The molecule has 0 aromatic carbocycles. The zero-order valence-electron chi connectivity index (χ0n) is 13.2. The molecule has 2 rings (SSSR count). The lowest BCUT2D eigenvalue weighted by molar-refractivity contribution is 0.100. The van der Waals surface area contributed by atoms with E-state index in [9.17, 15) is 9.90 Å². The number of carbonyl (C=O) groups excluding carboxylic acids is 1. The van der Waals surface area contributed by atoms with Gasteiger partial charge in [0.25, 0.3) is 5.91 Å². The minimum atomic E-state index is -0.543. The molecule has 1 aromatic heterocycles. The van der Waals surface area contributed by atoms with E-state index in [0.29, 0.717) is 29.8 Å². The summed E-state index contributed by atoms with van der Waals surface area (Å²) in [5.41, 5.74) is 5.66. The number of amides is 1. The van der Waals surface area contributed by atoms with Crippen LogP contribution < -0.4 is 16.4 Å². The van der Waals surface area contributed by atoms with Gasteiger partial charge in [0.15, 0.2) is 0 Å². The number of nitrogens with zero attached hydrogens (tertiary/aromatic N) is 2. The second-order valence-corrected chi connectivity index (χ2v) is 6.24. The molecule has 122 valence electrons. The molecule has 0 unspecified atom stereocenters. The van der Waals surface area contributed by atoms with Crippen molar-refractivity contribution in [3.05, 3.63) is 11.8 Å². The number of aliphatic hydroxyl groups excluding tert-OH is 1. The van der Waals surface area contributed by atoms with Crippen LogP contribution in [-0.2, 0) is 0 Å². The Kier molecular flexibility index (Phi) is 5.54. The molecule has 1 saturated carbocycles. The summed E-state index contributed by atoms with van der Waals surface area (Å²) in [6.07, 6.45) is 4.61. The molecule has 1 aromatic rings. The summed E-state index contributed by atoms with van der Waals surface area (Å²) in [5, 5.41) is 16.0. The van der Waals surface area contributed by atoms with Crippen LogP contribution in [0.3, 0.4) is 0 Å². The van der Waals surface area contributed by atoms with Crippen molar-refractivity contribution >= 4 is 17.7 Å². The van der Waals surface area contributed by atoms with Gasteiger partial charge in [0.2, 0.25) is 5.95 Å². The van der Waals surface area contributed by atoms with Crippen LogP contribution >= 0.6 is 0 Å². The first kappa shape index (κ1) is 16.5. The molecule has 0 bridgehead atoms. The molecule has 1 aliphatic rings. The number of primary amides is 1. The molecule has 5 N–H and O–H groups in total. The van der Waals surface area contributed by atoms with Gasteiger partial charge in [-0.1, -0.05) is 13.8 Å². The van der Waals surface area contributed by atoms with Crippen molar-refractivity contribution in [2.75, 3.05) is 17.2 Å². The highest BCUT2D eigenvalue weighted by Gasteiger charge is 2.20. The van der Waals surface area contributed by atoms with Gasteiger partial charge in [-0.2, -0.15) is 4.98 Å². The number of carbonyl (C=O) groups is 1. The van der Waals surface area contributed by atoms with Gasteiger partial charge in [-0.05, 0) is 31.6 Å². The SMILES string of the molecule is CC(C)CNc1nc(NC2CCC(O)CC2)ncc1C(N)=O. The van der Waals surface area contributed by atoms with Crippen molar-refractivity contribution in [2.45, 2.75) is 51.7 Å². The minimum Gasteiger partial charge on any atom is -0.393 e. The van der Waals surface area contributed by atoms with Gasteiger partial charge in [0.05, 0.1) is 11.7 Å². The molecule has 1 fully saturated rings. The highest BCUT2D eigenvalue weighted by atomic mass is 16.3. The average molecular weight is 307 g/mol. The molecule has 0 aliphatic heterocycles. The van der Waals surface area contributed by atoms with E-state index < -0.39 is 5.91 Å². The highest BCUT2D eigenvalue weighted by Crippen LogP contribution is 2.22. The number of rotatable bonds is 6. The first-order valence-corrected chi connectivity index (χ1v) is 7.81. The normalized spacial score (nSPS) is 21.6. The standard InChI is InChI=1S/C15H25N5O2/c1-9(2)7-17-14-12(13(16)22)8-18-15(20-14)19-10-3-5-11(21)6-4-10/h8-11,21H,3-7H2,1-2H3,(H2,16,22)(H2,17,18,19,20). The summed E-state index contributed by atoms with van der Waals surface area (Å²) in [7, 11) is 0. The van der Waals surface area contributed by atoms with Gasteiger partial charge in [-0.3, -0.25) is 4.79 Å². The Morgan fingerprint density at radius 3 is 2.68 bits per heavy atom. The van der Waals surface area contributed by atoms with Gasteiger partial charge in [-0.15, -0.1) is 0 Å². The van der Waals surface area contributed by atoms with E-state index >= 15 is 0 Å². The van der Waals surface area contributed by atoms with E-state index in [-0.39, 0.29) is 12.1 Å². The minimum absolute atomic E-state index is 0.195. The second-order valence-electron chi connectivity index (χ2n) is 6.24. The van der Waals surface area contributed by atoms with Crippen LogP contribution in [0.15, 0.2) is 6.20 Å². The van der Waals surface area contributed by atoms with Crippen LogP contribution in [0.1, 0.15) is 49.9 Å². The predicted octanol–water partition coefficient (Wildman–Crippen LogP) is 1.36. The van der Waals surface area contributed by atoms with E-state index in [2.05, 4.69) is 34.4 Å². The quantitative estimate of drug-likeness (QED) is 0.631. The first-order valence-electron chi connectivity index (χ1n) is 7.81. The van der Waals surface area contributed by atoms with Gasteiger partial charge in [-0.25, -0.2) is 4.98 Å². The third-order valence-corrected chi connectivity index (χ3v) is 3.76. The fourth-order valence-electron chi connectivity index (χ4n) is 2.47. The Bertz CT molecular complexity index is 513. The molecule has 1 aliphatic carbocycles. The van der Waals surface area contributed by atoms with Crippen LogP contribution in [0.2, 0.25) is 0 Å². The predicted molar refractivity (Wildman–Crippen MR) is 85.8 cm³/mol. The van der Waals surface area contributed by atoms with Crippen molar-refractivity contribution in [3.8, 4) is 0 Å². The molecule has 22 heavy (non-hydrogen) atoms. The Balaban J connectivity index is 2.08. The molecule has 7 heteroatoms. The number of nitrogens with one attached hydrogen (secondary N) is 2. The largest absolute Gasteiger partial charge is 0.393 e. The van der Waals surface area contributed by atoms with E-state index in [1.54, 1.807) is 0 Å². The Hall–Kier alpha value is -1.89. The lowest BCUT2D eigenvalue weighted by Gasteiger charge is -2.26. The van der Waals surface area contributed by atoms with E-state index in [0.717, 1.165) is 25.7 Å². The monoisotopic (exact) mass is 307 g/mol. The second kappa shape index (κ2) is 7.40. The first-order chi connectivity index (χ1) is 10.5. The summed E-state index contributed by atoms with van der Waals surface area (Å²) in [6.45, 7) is 4.85. The van der Waals surface area contributed by atoms with Crippen molar-refractivity contribution in [1.29, 1.82) is 0 Å². The summed E-state index contributed by atoms with van der Waals surface area (Å²) >= 11 is 0. The maximum absolute atomic E-state index is 11.5. The maximum Gasteiger partial charge on any atom is 0.254 e. The zero-order chi connectivity index (χ0) is 16.1. The van der Waals surface area contributed by atoms with Crippen LogP contribution in [0, 0.1) is 5.92 Å². The van der Waals surface area contributed by atoms with Gasteiger partial charge >= 0.3 is 0 Å². The van der Waals surface area contributed by atoms with Crippen molar-refractivity contribution in [1.82, 2.24) is 9.97 Å². The molecular formula is C15H25N5O2. The van der Waals surface area contributed by atoms with E-state index in [4.69, 9.17) is 5.73 Å². The van der Waals surface area contributed by atoms with E-state index in [1.807, 2.05) is 0 Å². The van der Waals surface area contributed by atoms with Crippen LogP contribution in [0.5, 0.6) is 0 Å². The molecule has 1 heterocycles. The topological polar surface area (TPSA) is 113 Å². The molecule has 0 atom stereocenters. The molecule has 7 nitrogen and oxygen atoms in total. The lowest BCUT2D eigenvalue weighted by Crippen LogP contribution is -2.29. The number of aromatic nitrogens is 2. The number of aliphatic hydroxyl groups is 1. The molecule has 0 radical (unpaired) electrons. The van der Waals surface area contributed by atoms with Gasteiger partial charge < -0.3 is 21.5 Å². The maximum atomic E-state index is 11.5. The summed E-state index contributed by atoms with van der Waals surface area (Å²) in [5.74, 6) is 0.831. The smallest absolute Gasteiger partial charge is 0.254 e. The van der Waals surface area contributed by atoms with Gasteiger partial charge in [0, 0.05) is 18.8 Å². The number of nitrogens with two attached hydrogens (primary N) is 1. The summed E-state index contributed by atoms with van der Waals surface area (Å²) in [4.78, 5) is 20.0. The Morgan fingerprint density at radius 2 is 2.09 bits per heavy atom. The van der Waals surface area contributed by atoms with E-state index in [1.165, 1.54) is 6.20 Å². The van der Waals surface area contributed by atoms with Crippen LogP contribution in [0.25, 0.3) is 0 Å². The fourth-order valence-corrected chi connectivity index (χ4v) is 2.47. The third kappa shape index (κ3) is 4.56. The third-order valence-electron chi connectivity index (χ3n) is 3.76. The average Bonchev–Trinajstić information content (AvgIpc) is 2.47. The molecular weight excluding hydrogens is 282 g/mol. The van der Waals surface area contributed by atoms with Gasteiger partial charge in [0.1, 0.15) is 5.82 Å². The molecule has 0 saturated heterocycles. The number of hydrogen-bond acceptors (Lipinski definition) is 6.